The van der Waals surface area contributed by atoms with Crippen LogP contribution in [0.25, 0.3) is 0 Å². The standard InChI is InChI=1S/C13H16F3N2/c14-13(15,16)12-5-2-1-4-11(12)10-18-8-3-6-17-7-9-18/h1-2,4-5H,3,6-10H2. The second-order valence-corrected chi connectivity index (χ2v) is 4.46. The molecule has 1 aliphatic rings. The van der Waals surface area contributed by atoms with E-state index in [1.807, 2.05) is 4.90 Å². The third kappa shape index (κ3) is 3.46. The summed E-state index contributed by atoms with van der Waals surface area (Å²) in [5.74, 6) is 0. The molecule has 5 heteroatoms. The number of halogens is 3. The Labute approximate surface area is 105 Å². The van der Waals surface area contributed by atoms with Crippen molar-refractivity contribution < 1.29 is 13.2 Å². The zero-order valence-corrected chi connectivity index (χ0v) is 10.1. The van der Waals surface area contributed by atoms with Crippen molar-refractivity contribution in [3.63, 3.8) is 0 Å². The molecule has 1 heterocycles. The Kier molecular flexibility index (Phi) is 4.24. The highest BCUT2D eigenvalue weighted by Gasteiger charge is 2.33. The highest BCUT2D eigenvalue weighted by Crippen LogP contribution is 2.32. The molecule has 0 atom stereocenters. The summed E-state index contributed by atoms with van der Waals surface area (Å²) in [6, 6.07) is 5.80. The molecule has 1 saturated heterocycles. The van der Waals surface area contributed by atoms with Crippen LogP contribution in [0.1, 0.15) is 17.5 Å². The maximum Gasteiger partial charge on any atom is 0.416 e. The SMILES string of the molecule is FC(F)(F)c1ccccc1CN1CCC[N]CC1. The monoisotopic (exact) mass is 257 g/mol. The zero-order valence-electron chi connectivity index (χ0n) is 10.1. The third-order valence-corrected chi connectivity index (χ3v) is 3.08. The van der Waals surface area contributed by atoms with Gasteiger partial charge in [0.15, 0.2) is 0 Å². The van der Waals surface area contributed by atoms with E-state index in [0.29, 0.717) is 18.7 Å². The predicted molar refractivity (Wildman–Crippen MR) is 63.2 cm³/mol. The second kappa shape index (κ2) is 5.71. The smallest absolute Gasteiger partial charge is 0.298 e. The Balaban J connectivity index is 2.13. The van der Waals surface area contributed by atoms with Gasteiger partial charge < -0.3 is 0 Å². The van der Waals surface area contributed by atoms with Crippen molar-refractivity contribution in [3.8, 4) is 0 Å². The lowest BCUT2D eigenvalue weighted by molar-refractivity contribution is -0.138. The van der Waals surface area contributed by atoms with Crippen LogP contribution in [0.5, 0.6) is 0 Å². The van der Waals surface area contributed by atoms with Gasteiger partial charge in [-0.05, 0) is 24.6 Å². The molecular weight excluding hydrogens is 241 g/mol. The molecule has 0 saturated carbocycles. The molecule has 0 unspecified atom stereocenters. The van der Waals surface area contributed by atoms with E-state index >= 15 is 0 Å². The lowest BCUT2D eigenvalue weighted by atomic mass is 10.1. The molecule has 0 amide bonds. The van der Waals surface area contributed by atoms with Gasteiger partial charge in [0.25, 0.3) is 0 Å². The van der Waals surface area contributed by atoms with Gasteiger partial charge in [0.1, 0.15) is 0 Å². The van der Waals surface area contributed by atoms with Crippen LogP contribution in [-0.2, 0) is 12.7 Å². The van der Waals surface area contributed by atoms with Crippen LogP contribution in [0.3, 0.4) is 0 Å². The summed E-state index contributed by atoms with van der Waals surface area (Å²) in [7, 11) is 0. The molecule has 2 rings (SSSR count). The van der Waals surface area contributed by atoms with Crippen LogP contribution < -0.4 is 5.32 Å². The van der Waals surface area contributed by atoms with Crippen molar-refractivity contribution in [2.24, 2.45) is 0 Å². The number of nitrogens with zero attached hydrogens (tertiary/aromatic N) is 2. The zero-order chi connectivity index (χ0) is 13.0. The molecule has 18 heavy (non-hydrogen) atoms. The molecular formula is C13H16F3N2. The third-order valence-electron chi connectivity index (χ3n) is 3.08. The Morgan fingerprint density at radius 3 is 2.67 bits per heavy atom. The Morgan fingerprint density at radius 1 is 1.11 bits per heavy atom. The lowest BCUT2D eigenvalue weighted by Gasteiger charge is -2.21. The van der Waals surface area contributed by atoms with Crippen molar-refractivity contribution in [2.75, 3.05) is 26.2 Å². The van der Waals surface area contributed by atoms with E-state index in [1.54, 1.807) is 12.1 Å². The van der Waals surface area contributed by atoms with Gasteiger partial charge in [0.05, 0.1) is 5.56 Å². The van der Waals surface area contributed by atoms with Gasteiger partial charge in [-0.1, -0.05) is 18.2 Å². The first-order valence-electron chi connectivity index (χ1n) is 6.08. The maximum atomic E-state index is 12.8. The highest BCUT2D eigenvalue weighted by atomic mass is 19.4. The first-order chi connectivity index (χ1) is 8.57. The molecule has 0 N–H and O–H groups in total. The van der Waals surface area contributed by atoms with Gasteiger partial charge in [-0.2, -0.15) is 13.2 Å². The molecule has 2 nitrogen and oxygen atoms in total. The minimum Gasteiger partial charge on any atom is -0.298 e. The van der Waals surface area contributed by atoms with Crippen molar-refractivity contribution in [1.82, 2.24) is 10.2 Å². The average molecular weight is 257 g/mol. The first-order valence-corrected chi connectivity index (χ1v) is 6.08. The van der Waals surface area contributed by atoms with Gasteiger partial charge in [0.2, 0.25) is 0 Å². The topological polar surface area (TPSA) is 17.3 Å². The number of hydrogen-bond donors (Lipinski definition) is 0. The summed E-state index contributed by atoms with van der Waals surface area (Å²) in [4.78, 5) is 2.04. The van der Waals surface area contributed by atoms with Crippen molar-refractivity contribution >= 4 is 0 Å². The van der Waals surface area contributed by atoms with E-state index < -0.39 is 11.7 Å². The molecule has 99 valence electrons. The number of benzene rings is 1. The molecule has 0 bridgehead atoms. The molecule has 0 aliphatic carbocycles. The molecule has 1 aromatic carbocycles. The molecule has 0 spiro atoms. The van der Waals surface area contributed by atoms with Crippen LogP contribution in [0, 0.1) is 0 Å². The Bertz CT molecular complexity index is 382. The van der Waals surface area contributed by atoms with E-state index in [4.69, 9.17) is 0 Å². The van der Waals surface area contributed by atoms with Gasteiger partial charge in [-0.3, -0.25) is 4.90 Å². The van der Waals surface area contributed by atoms with Gasteiger partial charge in [-0.25, -0.2) is 5.32 Å². The van der Waals surface area contributed by atoms with E-state index in [9.17, 15) is 13.2 Å². The fraction of sp³-hybridized carbons (Fsp3) is 0.538. The number of alkyl halides is 3. The van der Waals surface area contributed by atoms with E-state index in [1.165, 1.54) is 6.07 Å². The van der Waals surface area contributed by atoms with Crippen LogP contribution >= 0.6 is 0 Å². The quantitative estimate of drug-likeness (QED) is 0.795. The van der Waals surface area contributed by atoms with E-state index in [2.05, 4.69) is 5.32 Å². The summed E-state index contributed by atoms with van der Waals surface area (Å²) in [6.07, 6.45) is -3.35. The maximum absolute atomic E-state index is 12.8. The summed E-state index contributed by atoms with van der Waals surface area (Å²) in [5.41, 5.74) is -0.168. The fourth-order valence-corrected chi connectivity index (χ4v) is 2.18. The Morgan fingerprint density at radius 2 is 1.89 bits per heavy atom. The summed E-state index contributed by atoms with van der Waals surface area (Å²) >= 11 is 0. The molecule has 0 aromatic heterocycles. The Hall–Kier alpha value is -1.07. The summed E-state index contributed by atoms with van der Waals surface area (Å²) in [6.45, 7) is 3.44. The van der Waals surface area contributed by atoms with E-state index in [0.717, 1.165) is 32.1 Å². The van der Waals surface area contributed by atoms with Crippen LogP contribution in [0.15, 0.2) is 24.3 Å². The lowest BCUT2D eigenvalue weighted by Crippen LogP contribution is -2.27. The molecule has 1 aliphatic heterocycles. The predicted octanol–water partition coefficient (Wildman–Crippen LogP) is 2.52. The highest BCUT2D eigenvalue weighted by molar-refractivity contribution is 5.29. The minimum atomic E-state index is -4.27. The molecule has 1 fully saturated rings. The largest absolute Gasteiger partial charge is 0.416 e. The second-order valence-electron chi connectivity index (χ2n) is 4.46. The van der Waals surface area contributed by atoms with E-state index in [-0.39, 0.29) is 0 Å². The summed E-state index contributed by atoms with van der Waals surface area (Å²) in [5, 5.41) is 4.27. The van der Waals surface area contributed by atoms with Gasteiger partial charge >= 0.3 is 6.18 Å². The van der Waals surface area contributed by atoms with Crippen molar-refractivity contribution in [3.05, 3.63) is 35.4 Å². The normalized spacial score (nSPS) is 18.6. The first kappa shape index (κ1) is 13.4. The number of hydrogen-bond acceptors (Lipinski definition) is 1. The van der Waals surface area contributed by atoms with Crippen LogP contribution in [0.4, 0.5) is 13.2 Å². The molecule has 1 aromatic rings. The van der Waals surface area contributed by atoms with Crippen molar-refractivity contribution in [2.45, 2.75) is 19.1 Å². The van der Waals surface area contributed by atoms with Gasteiger partial charge in [-0.15, -0.1) is 0 Å². The fourth-order valence-electron chi connectivity index (χ4n) is 2.18. The number of rotatable bonds is 2. The van der Waals surface area contributed by atoms with Crippen LogP contribution in [-0.4, -0.2) is 31.1 Å². The van der Waals surface area contributed by atoms with Gasteiger partial charge in [0, 0.05) is 26.2 Å². The van der Waals surface area contributed by atoms with Crippen LogP contribution in [0.2, 0.25) is 0 Å². The average Bonchev–Trinajstić information content (AvgIpc) is 2.57. The minimum absolute atomic E-state index is 0.352. The molecule has 1 radical (unpaired) electrons. The summed E-state index contributed by atoms with van der Waals surface area (Å²) < 4.78 is 38.5. The van der Waals surface area contributed by atoms with Crippen molar-refractivity contribution in [1.29, 1.82) is 0 Å².